The summed E-state index contributed by atoms with van der Waals surface area (Å²) in [6.07, 6.45) is 3.94. The standard InChI is InChI=1S/C14H18N4O/c1-9-5-13(4-3-11(9)6-10(2)15)18-8-12(7-17-18)14(16)19/h3-5,7-8,10H,6,15H2,1-2H3,(H2,16,19). The Balaban J connectivity index is 2.30. The molecule has 0 fully saturated rings. The number of benzene rings is 1. The molecule has 1 aromatic carbocycles. The number of aryl methyl sites for hydroxylation is 1. The smallest absolute Gasteiger partial charge is 0.251 e. The predicted octanol–water partition coefficient (Wildman–Crippen LogP) is 1.17. The molecule has 0 aliphatic heterocycles. The quantitative estimate of drug-likeness (QED) is 0.863. The van der Waals surface area contributed by atoms with Crippen LogP contribution in [0.4, 0.5) is 0 Å². The molecule has 100 valence electrons. The van der Waals surface area contributed by atoms with Crippen LogP contribution in [0.1, 0.15) is 28.4 Å². The van der Waals surface area contributed by atoms with Crippen LogP contribution in [0.5, 0.6) is 0 Å². The highest BCUT2D eigenvalue weighted by atomic mass is 16.1. The van der Waals surface area contributed by atoms with Gasteiger partial charge in [-0.05, 0) is 43.5 Å². The molecule has 1 aromatic heterocycles. The molecule has 1 atom stereocenters. The molecule has 0 bridgehead atoms. The summed E-state index contributed by atoms with van der Waals surface area (Å²) in [5.74, 6) is -0.475. The van der Waals surface area contributed by atoms with Gasteiger partial charge in [-0.1, -0.05) is 6.07 Å². The van der Waals surface area contributed by atoms with Crippen molar-refractivity contribution in [1.29, 1.82) is 0 Å². The Morgan fingerprint density at radius 1 is 1.47 bits per heavy atom. The third-order valence-corrected chi connectivity index (χ3v) is 3.00. The zero-order valence-electron chi connectivity index (χ0n) is 11.1. The first-order valence-electron chi connectivity index (χ1n) is 6.17. The lowest BCUT2D eigenvalue weighted by Gasteiger charge is -2.10. The summed E-state index contributed by atoms with van der Waals surface area (Å²) in [5, 5.41) is 4.13. The third kappa shape index (κ3) is 3.00. The summed E-state index contributed by atoms with van der Waals surface area (Å²) in [7, 11) is 0. The largest absolute Gasteiger partial charge is 0.366 e. The molecular weight excluding hydrogens is 240 g/mol. The van der Waals surface area contributed by atoms with Gasteiger partial charge in [0.15, 0.2) is 0 Å². The van der Waals surface area contributed by atoms with Crippen molar-refractivity contribution in [2.45, 2.75) is 26.3 Å². The molecule has 1 heterocycles. The summed E-state index contributed by atoms with van der Waals surface area (Å²) in [4.78, 5) is 11.0. The summed E-state index contributed by atoms with van der Waals surface area (Å²) >= 11 is 0. The van der Waals surface area contributed by atoms with Crippen molar-refractivity contribution in [3.8, 4) is 5.69 Å². The van der Waals surface area contributed by atoms with Gasteiger partial charge in [0.25, 0.3) is 5.91 Å². The highest BCUT2D eigenvalue weighted by molar-refractivity contribution is 5.92. The van der Waals surface area contributed by atoms with E-state index in [2.05, 4.69) is 5.10 Å². The number of nitrogens with zero attached hydrogens (tertiary/aromatic N) is 2. The van der Waals surface area contributed by atoms with Crippen LogP contribution >= 0.6 is 0 Å². The second-order valence-corrected chi connectivity index (χ2v) is 4.83. The maximum atomic E-state index is 11.0. The van der Waals surface area contributed by atoms with Crippen LogP contribution in [-0.2, 0) is 6.42 Å². The molecule has 5 heteroatoms. The molecule has 19 heavy (non-hydrogen) atoms. The highest BCUT2D eigenvalue weighted by Gasteiger charge is 2.07. The van der Waals surface area contributed by atoms with Crippen LogP contribution < -0.4 is 11.5 Å². The number of hydrogen-bond donors (Lipinski definition) is 2. The van der Waals surface area contributed by atoms with Crippen molar-refractivity contribution < 1.29 is 4.79 Å². The Kier molecular flexibility index (Phi) is 3.66. The molecule has 0 spiro atoms. The zero-order chi connectivity index (χ0) is 14.0. The number of carbonyl (C=O) groups excluding carboxylic acids is 1. The third-order valence-electron chi connectivity index (χ3n) is 3.00. The molecular formula is C14H18N4O. The maximum Gasteiger partial charge on any atom is 0.251 e. The number of amides is 1. The van der Waals surface area contributed by atoms with Gasteiger partial charge in [0.2, 0.25) is 0 Å². The second-order valence-electron chi connectivity index (χ2n) is 4.83. The number of aromatic nitrogens is 2. The lowest BCUT2D eigenvalue weighted by atomic mass is 10.0. The fourth-order valence-corrected chi connectivity index (χ4v) is 1.99. The molecule has 0 radical (unpaired) electrons. The van der Waals surface area contributed by atoms with Crippen LogP contribution in [0, 0.1) is 6.92 Å². The van der Waals surface area contributed by atoms with Gasteiger partial charge in [-0.15, -0.1) is 0 Å². The molecule has 4 N–H and O–H groups in total. The first kappa shape index (κ1) is 13.3. The minimum absolute atomic E-state index is 0.135. The topological polar surface area (TPSA) is 86.9 Å². The van der Waals surface area contributed by atoms with Crippen molar-refractivity contribution in [2.24, 2.45) is 11.5 Å². The van der Waals surface area contributed by atoms with E-state index in [1.54, 1.807) is 10.9 Å². The monoisotopic (exact) mass is 258 g/mol. The van der Waals surface area contributed by atoms with Gasteiger partial charge in [0.1, 0.15) is 0 Å². The van der Waals surface area contributed by atoms with Gasteiger partial charge >= 0.3 is 0 Å². The van der Waals surface area contributed by atoms with Gasteiger partial charge in [-0.2, -0.15) is 5.10 Å². The highest BCUT2D eigenvalue weighted by Crippen LogP contribution is 2.16. The molecule has 0 aliphatic carbocycles. The Labute approximate surface area is 112 Å². The first-order valence-corrected chi connectivity index (χ1v) is 6.17. The Morgan fingerprint density at radius 2 is 2.21 bits per heavy atom. The van der Waals surface area contributed by atoms with E-state index in [1.807, 2.05) is 32.0 Å². The lowest BCUT2D eigenvalue weighted by Crippen LogP contribution is -2.18. The molecule has 1 unspecified atom stereocenters. The van der Waals surface area contributed by atoms with Crippen molar-refractivity contribution in [3.63, 3.8) is 0 Å². The average Bonchev–Trinajstić information content (AvgIpc) is 2.80. The van der Waals surface area contributed by atoms with Crippen molar-refractivity contribution in [3.05, 3.63) is 47.3 Å². The van der Waals surface area contributed by atoms with E-state index in [4.69, 9.17) is 11.5 Å². The molecule has 2 aromatic rings. The molecule has 1 amide bonds. The molecule has 5 nitrogen and oxygen atoms in total. The normalized spacial score (nSPS) is 12.4. The Hall–Kier alpha value is -2.14. The predicted molar refractivity (Wildman–Crippen MR) is 74.2 cm³/mol. The molecule has 0 aliphatic rings. The Bertz CT molecular complexity index is 601. The molecule has 2 rings (SSSR count). The molecule has 0 saturated heterocycles. The van der Waals surface area contributed by atoms with Crippen LogP contribution in [0.3, 0.4) is 0 Å². The van der Waals surface area contributed by atoms with Crippen molar-refractivity contribution in [1.82, 2.24) is 9.78 Å². The van der Waals surface area contributed by atoms with E-state index in [9.17, 15) is 4.79 Å². The van der Waals surface area contributed by atoms with E-state index in [-0.39, 0.29) is 6.04 Å². The minimum atomic E-state index is -0.475. The van der Waals surface area contributed by atoms with E-state index < -0.39 is 5.91 Å². The fourth-order valence-electron chi connectivity index (χ4n) is 1.99. The zero-order valence-corrected chi connectivity index (χ0v) is 11.1. The van der Waals surface area contributed by atoms with Crippen molar-refractivity contribution in [2.75, 3.05) is 0 Å². The SMILES string of the molecule is Cc1cc(-n2cc(C(N)=O)cn2)ccc1CC(C)N. The number of hydrogen-bond acceptors (Lipinski definition) is 3. The van der Waals surface area contributed by atoms with Crippen LogP contribution in [0.15, 0.2) is 30.6 Å². The number of primary amides is 1. The first-order chi connectivity index (χ1) is 8.97. The number of rotatable bonds is 4. The minimum Gasteiger partial charge on any atom is -0.366 e. The summed E-state index contributed by atoms with van der Waals surface area (Å²) in [5.41, 5.74) is 14.7. The van der Waals surface area contributed by atoms with E-state index >= 15 is 0 Å². The summed E-state index contributed by atoms with van der Waals surface area (Å²) < 4.78 is 1.64. The summed E-state index contributed by atoms with van der Waals surface area (Å²) in [6.45, 7) is 4.03. The Morgan fingerprint density at radius 3 is 2.74 bits per heavy atom. The van der Waals surface area contributed by atoms with Crippen LogP contribution in [0.2, 0.25) is 0 Å². The van der Waals surface area contributed by atoms with E-state index in [0.717, 1.165) is 17.7 Å². The fraction of sp³-hybridized carbons (Fsp3) is 0.286. The van der Waals surface area contributed by atoms with Gasteiger partial charge < -0.3 is 11.5 Å². The van der Waals surface area contributed by atoms with Crippen LogP contribution in [0.25, 0.3) is 5.69 Å². The number of nitrogens with two attached hydrogens (primary N) is 2. The maximum absolute atomic E-state index is 11.0. The molecule has 0 saturated carbocycles. The second kappa shape index (κ2) is 5.24. The van der Waals surface area contributed by atoms with Gasteiger partial charge in [-0.25, -0.2) is 4.68 Å². The van der Waals surface area contributed by atoms with Gasteiger partial charge in [-0.3, -0.25) is 4.79 Å². The van der Waals surface area contributed by atoms with Gasteiger partial charge in [0, 0.05) is 12.2 Å². The van der Waals surface area contributed by atoms with E-state index in [1.165, 1.54) is 11.8 Å². The van der Waals surface area contributed by atoms with Crippen molar-refractivity contribution >= 4 is 5.91 Å². The average molecular weight is 258 g/mol. The van der Waals surface area contributed by atoms with E-state index in [0.29, 0.717) is 5.56 Å². The van der Waals surface area contributed by atoms with Crippen LogP contribution in [-0.4, -0.2) is 21.7 Å². The summed E-state index contributed by atoms with van der Waals surface area (Å²) in [6, 6.07) is 6.16. The number of carbonyl (C=O) groups is 1. The lowest BCUT2D eigenvalue weighted by molar-refractivity contribution is 0.100. The van der Waals surface area contributed by atoms with Gasteiger partial charge in [0.05, 0.1) is 17.4 Å².